The molecule has 2 atom stereocenters. The summed E-state index contributed by atoms with van der Waals surface area (Å²) in [5.74, 6) is -0.435. The van der Waals surface area contributed by atoms with Crippen LogP contribution in [0.25, 0.3) is 0 Å². The van der Waals surface area contributed by atoms with Crippen LogP contribution in [0.4, 0.5) is 5.69 Å². The van der Waals surface area contributed by atoms with E-state index >= 15 is 0 Å². The molecule has 0 saturated carbocycles. The summed E-state index contributed by atoms with van der Waals surface area (Å²) < 4.78 is 0.768. The minimum absolute atomic E-state index is 0.0434. The van der Waals surface area contributed by atoms with Crippen LogP contribution in [0.1, 0.15) is 18.4 Å². The lowest BCUT2D eigenvalue weighted by Crippen LogP contribution is -2.39. The Morgan fingerprint density at radius 2 is 1.90 bits per heavy atom. The summed E-state index contributed by atoms with van der Waals surface area (Å²) in [6.07, 6.45) is 0. The van der Waals surface area contributed by atoms with Gasteiger partial charge in [0.1, 0.15) is 6.04 Å². The number of halogens is 2. The van der Waals surface area contributed by atoms with E-state index in [2.05, 4.69) is 21.2 Å². The Morgan fingerprint density at radius 1 is 1.24 bits per heavy atom. The standard InChI is InChI=1S/C16H16BrClN2O/c1-10(11-5-3-2-4-6-11)15(16(19)21)20-12-7-8-14(18)13(17)9-12/h2-10,15,20H,1H3,(H2,19,21). The fraction of sp³-hybridized carbons (Fsp3) is 0.188. The van der Waals surface area contributed by atoms with E-state index in [-0.39, 0.29) is 5.92 Å². The summed E-state index contributed by atoms with van der Waals surface area (Å²) in [6, 6.07) is 14.7. The zero-order valence-corrected chi connectivity index (χ0v) is 13.9. The molecule has 1 amide bonds. The molecule has 0 aliphatic rings. The van der Waals surface area contributed by atoms with Gasteiger partial charge in [0.05, 0.1) is 5.02 Å². The molecular weight excluding hydrogens is 352 g/mol. The maximum atomic E-state index is 11.8. The predicted molar refractivity (Wildman–Crippen MR) is 90.6 cm³/mol. The highest BCUT2D eigenvalue weighted by molar-refractivity contribution is 9.10. The Morgan fingerprint density at radius 3 is 2.48 bits per heavy atom. The van der Waals surface area contributed by atoms with Crippen LogP contribution < -0.4 is 11.1 Å². The first-order valence-electron chi connectivity index (χ1n) is 6.55. The van der Waals surface area contributed by atoms with Gasteiger partial charge in [0, 0.05) is 16.1 Å². The molecule has 0 heterocycles. The van der Waals surface area contributed by atoms with Crippen molar-refractivity contribution in [2.75, 3.05) is 5.32 Å². The Balaban J connectivity index is 2.23. The monoisotopic (exact) mass is 366 g/mol. The third kappa shape index (κ3) is 3.99. The summed E-state index contributed by atoms with van der Waals surface area (Å²) in [4.78, 5) is 11.8. The second-order valence-corrected chi connectivity index (χ2v) is 6.11. The van der Waals surface area contributed by atoms with Crippen LogP contribution in [0, 0.1) is 0 Å². The lowest BCUT2D eigenvalue weighted by Gasteiger charge is -2.24. The van der Waals surface area contributed by atoms with Crippen LogP contribution in [-0.2, 0) is 4.79 Å². The Labute approximate surface area is 137 Å². The molecule has 2 rings (SSSR count). The summed E-state index contributed by atoms with van der Waals surface area (Å²) in [5.41, 5.74) is 7.40. The van der Waals surface area contributed by atoms with E-state index in [9.17, 15) is 4.79 Å². The van der Waals surface area contributed by atoms with E-state index in [1.54, 1.807) is 6.07 Å². The summed E-state index contributed by atoms with van der Waals surface area (Å²) in [7, 11) is 0. The number of carbonyl (C=O) groups is 1. The average Bonchev–Trinajstić information content (AvgIpc) is 2.48. The Hall–Kier alpha value is -1.52. The van der Waals surface area contributed by atoms with Crippen LogP contribution in [0.5, 0.6) is 0 Å². The SMILES string of the molecule is CC(c1ccccc1)C(Nc1ccc(Cl)c(Br)c1)C(N)=O. The number of amides is 1. The van der Waals surface area contributed by atoms with Crippen molar-refractivity contribution in [3.63, 3.8) is 0 Å². The van der Waals surface area contributed by atoms with E-state index in [1.165, 1.54) is 0 Å². The van der Waals surface area contributed by atoms with E-state index in [4.69, 9.17) is 17.3 Å². The molecule has 2 aromatic carbocycles. The van der Waals surface area contributed by atoms with Crippen LogP contribution in [0.15, 0.2) is 53.0 Å². The molecule has 0 fully saturated rings. The highest BCUT2D eigenvalue weighted by Gasteiger charge is 2.24. The van der Waals surface area contributed by atoms with Gasteiger partial charge in [-0.15, -0.1) is 0 Å². The number of hydrogen-bond acceptors (Lipinski definition) is 2. The summed E-state index contributed by atoms with van der Waals surface area (Å²) >= 11 is 9.34. The Kier molecular flexibility index (Phi) is 5.26. The number of nitrogens with two attached hydrogens (primary N) is 1. The lowest BCUT2D eigenvalue weighted by molar-refractivity contribution is -0.119. The van der Waals surface area contributed by atoms with Crippen LogP contribution in [0.2, 0.25) is 5.02 Å². The molecule has 0 bridgehead atoms. The minimum atomic E-state index is -0.500. The smallest absolute Gasteiger partial charge is 0.240 e. The molecule has 3 N–H and O–H groups in total. The topological polar surface area (TPSA) is 55.1 Å². The van der Waals surface area contributed by atoms with Gasteiger partial charge in [-0.3, -0.25) is 4.79 Å². The van der Waals surface area contributed by atoms with E-state index in [0.29, 0.717) is 5.02 Å². The third-order valence-electron chi connectivity index (χ3n) is 3.37. The second kappa shape index (κ2) is 6.96. The molecule has 2 aromatic rings. The van der Waals surface area contributed by atoms with Gasteiger partial charge in [-0.2, -0.15) is 0 Å². The number of benzene rings is 2. The van der Waals surface area contributed by atoms with Gasteiger partial charge in [0.25, 0.3) is 0 Å². The molecule has 5 heteroatoms. The molecule has 0 saturated heterocycles. The molecule has 3 nitrogen and oxygen atoms in total. The van der Waals surface area contributed by atoms with Crippen molar-refractivity contribution in [3.8, 4) is 0 Å². The highest BCUT2D eigenvalue weighted by Crippen LogP contribution is 2.28. The van der Waals surface area contributed by atoms with Gasteiger partial charge in [0.2, 0.25) is 5.91 Å². The van der Waals surface area contributed by atoms with Crippen LogP contribution >= 0.6 is 27.5 Å². The van der Waals surface area contributed by atoms with E-state index in [1.807, 2.05) is 49.4 Å². The number of carbonyl (C=O) groups excluding carboxylic acids is 1. The number of primary amides is 1. The fourth-order valence-electron chi connectivity index (χ4n) is 2.16. The molecule has 0 aromatic heterocycles. The number of rotatable bonds is 5. The molecule has 0 aliphatic heterocycles. The molecule has 0 spiro atoms. The quantitative estimate of drug-likeness (QED) is 0.833. The van der Waals surface area contributed by atoms with Crippen molar-refractivity contribution in [1.82, 2.24) is 0 Å². The maximum absolute atomic E-state index is 11.8. The van der Waals surface area contributed by atoms with Gasteiger partial charge in [0.15, 0.2) is 0 Å². The second-order valence-electron chi connectivity index (χ2n) is 4.85. The predicted octanol–water partition coefficient (Wildman–Crippen LogP) is 4.17. The first-order chi connectivity index (χ1) is 9.99. The van der Waals surface area contributed by atoms with Crippen LogP contribution in [0.3, 0.4) is 0 Å². The first-order valence-corrected chi connectivity index (χ1v) is 7.72. The average molecular weight is 368 g/mol. The molecule has 21 heavy (non-hydrogen) atoms. The first kappa shape index (κ1) is 15.9. The number of hydrogen-bond donors (Lipinski definition) is 2. The molecule has 0 radical (unpaired) electrons. The minimum Gasteiger partial charge on any atom is -0.373 e. The normalized spacial score (nSPS) is 13.5. The van der Waals surface area contributed by atoms with Crippen molar-refractivity contribution < 1.29 is 4.79 Å². The summed E-state index contributed by atoms with van der Waals surface area (Å²) in [5, 5.41) is 3.80. The molecular formula is C16H16BrClN2O. The molecule has 2 unspecified atom stereocenters. The van der Waals surface area contributed by atoms with Crippen LogP contribution in [-0.4, -0.2) is 11.9 Å². The van der Waals surface area contributed by atoms with Gasteiger partial charge in [-0.25, -0.2) is 0 Å². The van der Waals surface area contributed by atoms with Gasteiger partial charge < -0.3 is 11.1 Å². The Bertz CT molecular complexity index is 633. The summed E-state index contributed by atoms with van der Waals surface area (Å²) in [6.45, 7) is 1.97. The van der Waals surface area contributed by atoms with Crippen molar-refractivity contribution in [3.05, 3.63) is 63.6 Å². The van der Waals surface area contributed by atoms with Crippen molar-refractivity contribution in [1.29, 1.82) is 0 Å². The third-order valence-corrected chi connectivity index (χ3v) is 4.59. The van der Waals surface area contributed by atoms with Gasteiger partial charge >= 0.3 is 0 Å². The van der Waals surface area contributed by atoms with Crippen molar-refractivity contribution >= 4 is 39.1 Å². The van der Waals surface area contributed by atoms with Gasteiger partial charge in [-0.05, 0) is 39.7 Å². The largest absolute Gasteiger partial charge is 0.373 e. The maximum Gasteiger partial charge on any atom is 0.240 e. The van der Waals surface area contributed by atoms with Crippen molar-refractivity contribution in [2.45, 2.75) is 18.9 Å². The van der Waals surface area contributed by atoms with E-state index in [0.717, 1.165) is 15.7 Å². The van der Waals surface area contributed by atoms with Crippen molar-refractivity contribution in [2.24, 2.45) is 5.73 Å². The number of nitrogens with one attached hydrogen (secondary N) is 1. The zero-order valence-electron chi connectivity index (χ0n) is 11.5. The fourth-order valence-corrected chi connectivity index (χ4v) is 2.65. The highest BCUT2D eigenvalue weighted by atomic mass is 79.9. The van der Waals surface area contributed by atoms with Gasteiger partial charge in [-0.1, -0.05) is 48.9 Å². The molecule has 0 aliphatic carbocycles. The van der Waals surface area contributed by atoms with E-state index < -0.39 is 11.9 Å². The lowest BCUT2D eigenvalue weighted by atomic mass is 9.92. The number of anilines is 1. The zero-order chi connectivity index (χ0) is 15.4. The molecule has 110 valence electrons.